The van der Waals surface area contributed by atoms with Crippen molar-refractivity contribution in [3.05, 3.63) is 94.0 Å². The van der Waals surface area contributed by atoms with Crippen LogP contribution in [0.3, 0.4) is 0 Å². The van der Waals surface area contributed by atoms with Crippen molar-refractivity contribution in [2.24, 2.45) is 4.99 Å². The minimum Gasteiger partial charge on any atom is -0.279 e. The van der Waals surface area contributed by atoms with Crippen LogP contribution in [0.1, 0.15) is 16.7 Å². The van der Waals surface area contributed by atoms with E-state index in [0.717, 1.165) is 10.2 Å². The summed E-state index contributed by atoms with van der Waals surface area (Å²) in [4.78, 5) is 4.92. The molecule has 0 bridgehead atoms. The Bertz CT molecular complexity index is 866. The van der Waals surface area contributed by atoms with Gasteiger partial charge in [0.1, 0.15) is 0 Å². The second-order valence-corrected chi connectivity index (χ2v) is 6.20. The highest BCUT2D eigenvalue weighted by molar-refractivity contribution is 9.10. The van der Waals surface area contributed by atoms with Gasteiger partial charge in [0.05, 0.1) is 12.3 Å². The summed E-state index contributed by atoms with van der Waals surface area (Å²) in [6.07, 6.45) is 0. The van der Waals surface area contributed by atoms with Crippen LogP contribution in [-0.2, 0) is 6.54 Å². The van der Waals surface area contributed by atoms with Crippen molar-refractivity contribution in [2.75, 3.05) is 0 Å². The molecule has 0 unspecified atom stereocenters. The summed E-state index contributed by atoms with van der Waals surface area (Å²) in [5.41, 5.74) is 7.20. The molecule has 0 aliphatic carbocycles. The molecular weight excluding hydrogens is 334 g/mol. The lowest BCUT2D eigenvalue weighted by Crippen LogP contribution is -2.03. The Morgan fingerprint density at radius 1 is 0.682 bits per heavy atom. The zero-order valence-electron chi connectivity index (χ0n) is 12.0. The van der Waals surface area contributed by atoms with Crippen LogP contribution in [0, 0.1) is 0 Å². The van der Waals surface area contributed by atoms with Crippen molar-refractivity contribution in [3.63, 3.8) is 0 Å². The van der Waals surface area contributed by atoms with Gasteiger partial charge in [0.15, 0.2) is 0 Å². The third-order valence-electron chi connectivity index (χ3n) is 4.03. The predicted octanol–water partition coefficient (Wildman–Crippen LogP) is 5.47. The number of rotatable bonds is 1. The largest absolute Gasteiger partial charge is 0.279 e. The maximum absolute atomic E-state index is 4.92. The van der Waals surface area contributed by atoms with Gasteiger partial charge in [-0.25, -0.2) is 0 Å². The molecule has 3 aromatic carbocycles. The van der Waals surface area contributed by atoms with Crippen molar-refractivity contribution in [1.29, 1.82) is 0 Å². The fourth-order valence-electron chi connectivity index (χ4n) is 2.98. The number of nitrogens with zero attached hydrogens (tertiary/aromatic N) is 1. The lowest BCUT2D eigenvalue weighted by molar-refractivity contribution is 1.07. The Kier molecular flexibility index (Phi) is 3.39. The first-order valence-electron chi connectivity index (χ1n) is 7.31. The molecule has 1 aliphatic heterocycles. The number of hydrogen-bond donors (Lipinski definition) is 0. The average Bonchev–Trinajstić information content (AvgIpc) is 2.74. The second-order valence-electron chi connectivity index (χ2n) is 5.34. The van der Waals surface area contributed by atoms with Crippen molar-refractivity contribution in [2.45, 2.75) is 6.54 Å². The normalized spacial score (nSPS) is 12.9. The number of hydrogen-bond acceptors (Lipinski definition) is 1. The van der Waals surface area contributed by atoms with E-state index in [0.29, 0.717) is 6.54 Å². The van der Waals surface area contributed by atoms with Crippen LogP contribution in [0.4, 0.5) is 0 Å². The summed E-state index contributed by atoms with van der Waals surface area (Å²) in [6, 6.07) is 25.3. The van der Waals surface area contributed by atoms with Crippen molar-refractivity contribution in [1.82, 2.24) is 0 Å². The third kappa shape index (κ3) is 2.20. The van der Waals surface area contributed by atoms with Crippen molar-refractivity contribution in [3.8, 4) is 11.1 Å². The number of halogens is 1. The van der Waals surface area contributed by atoms with Crippen LogP contribution in [0.25, 0.3) is 11.1 Å². The fraction of sp³-hybridized carbons (Fsp3) is 0.0500. The molecule has 0 amide bonds. The van der Waals surface area contributed by atoms with Crippen LogP contribution < -0.4 is 0 Å². The molecule has 22 heavy (non-hydrogen) atoms. The number of aliphatic imine (C=N–C) groups is 1. The molecule has 1 heterocycles. The van der Waals surface area contributed by atoms with Gasteiger partial charge in [0, 0.05) is 15.6 Å². The van der Waals surface area contributed by atoms with E-state index < -0.39 is 0 Å². The minimum absolute atomic E-state index is 0.690. The van der Waals surface area contributed by atoms with Crippen LogP contribution in [0.5, 0.6) is 0 Å². The van der Waals surface area contributed by atoms with E-state index in [4.69, 9.17) is 4.99 Å². The van der Waals surface area contributed by atoms with Crippen molar-refractivity contribution >= 4 is 21.6 Å². The van der Waals surface area contributed by atoms with Gasteiger partial charge in [-0.05, 0) is 22.8 Å². The SMILES string of the molecule is Brc1cccc2c1CN=C(c1ccccc1)c1ccccc1-2. The summed E-state index contributed by atoms with van der Waals surface area (Å²) in [5, 5.41) is 0. The summed E-state index contributed by atoms with van der Waals surface area (Å²) >= 11 is 3.68. The van der Waals surface area contributed by atoms with Crippen LogP contribution in [0.15, 0.2) is 82.3 Å². The topological polar surface area (TPSA) is 12.4 Å². The Morgan fingerprint density at radius 3 is 2.18 bits per heavy atom. The van der Waals surface area contributed by atoms with E-state index in [9.17, 15) is 0 Å². The Balaban J connectivity index is 2.00. The van der Waals surface area contributed by atoms with Crippen LogP contribution in [0.2, 0.25) is 0 Å². The van der Waals surface area contributed by atoms with Gasteiger partial charge in [-0.3, -0.25) is 4.99 Å². The van der Waals surface area contributed by atoms with E-state index in [1.807, 2.05) is 6.07 Å². The Hall–Kier alpha value is -2.19. The first-order chi connectivity index (χ1) is 10.8. The van der Waals surface area contributed by atoms with Gasteiger partial charge in [0.25, 0.3) is 0 Å². The second kappa shape index (κ2) is 5.54. The summed E-state index contributed by atoms with van der Waals surface area (Å²) in [5.74, 6) is 0. The monoisotopic (exact) mass is 347 g/mol. The molecule has 0 N–H and O–H groups in total. The molecule has 3 aromatic rings. The Morgan fingerprint density at radius 2 is 1.36 bits per heavy atom. The molecule has 2 heteroatoms. The highest BCUT2D eigenvalue weighted by Crippen LogP contribution is 2.35. The third-order valence-corrected chi connectivity index (χ3v) is 4.78. The molecule has 0 saturated heterocycles. The minimum atomic E-state index is 0.690. The van der Waals surface area contributed by atoms with Crippen LogP contribution >= 0.6 is 15.9 Å². The van der Waals surface area contributed by atoms with Gasteiger partial charge in [-0.1, -0.05) is 82.7 Å². The lowest BCUT2D eigenvalue weighted by atomic mass is 9.92. The van der Waals surface area contributed by atoms with E-state index in [1.54, 1.807) is 0 Å². The zero-order valence-corrected chi connectivity index (χ0v) is 13.5. The average molecular weight is 348 g/mol. The molecule has 0 atom stereocenters. The van der Waals surface area contributed by atoms with E-state index in [2.05, 4.69) is 82.7 Å². The quantitative estimate of drug-likeness (QED) is 0.553. The standard InChI is InChI=1S/C20H14BrN/c21-19-12-6-11-16-15-9-4-5-10-17(15)20(22-13-18(16)19)14-7-2-1-3-8-14/h1-12H,13H2. The van der Waals surface area contributed by atoms with Crippen molar-refractivity contribution < 1.29 is 0 Å². The number of benzene rings is 3. The molecule has 1 nitrogen and oxygen atoms in total. The van der Waals surface area contributed by atoms with Gasteiger partial charge in [0.2, 0.25) is 0 Å². The van der Waals surface area contributed by atoms with Gasteiger partial charge >= 0.3 is 0 Å². The zero-order chi connectivity index (χ0) is 14.9. The first kappa shape index (κ1) is 13.5. The summed E-state index contributed by atoms with van der Waals surface area (Å²) < 4.78 is 1.12. The lowest BCUT2D eigenvalue weighted by Gasteiger charge is -2.11. The maximum atomic E-state index is 4.92. The first-order valence-corrected chi connectivity index (χ1v) is 8.11. The maximum Gasteiger partial charge on any atom is 0.0729 e. The molecule has 0 aromatic heterocycles. The summed E-state index contributed by atoms with van der Waals surface area (Å²) in [6.45, 7) is 0.690. The van der Waals surface area contributed by atoms with Gasteiger partial charge in [-0.15, -0.1) is 0 Å². The highest BCUT2D eigenvalue weighted by Gasteiger charge is 2.19. The highest BCUT2D eigenvalue weighted by atomic mass is 79.9. The fourth-order valence-corrected chi connectivity index (χ4v) is 3.47. The van der Waals surface area contributed by atoms with Gasteiger partial charge < -0.3 is 0 Å². The molecule has 4 rings (SSSR count). The van der Waals surface area contributed by atoms with Gasteiger partial charge in [-0.2, -0.15) is 0 Å². The van der Waals surface area contributed by atoms with E-state index >= 15 is 0 Å². The Labute approximate surface area is 138 Å². The van der Waals surface area contributed by atoms with E-state index in [-0.39, 0.29) is 0 Å². The molecule has 0 fully saturated rings. The smallest absolute Gasteiger partial charge is 0.0729 e. The number of fused-ring (bicyclic) bond motifs is 3. The summed E-state index contributed by atoms with van der Waals surface area (Å²) in [7, 11) is 0. The molecule has 0 spiro atoms. The predicted molar refractivity (Wildman–Crippen MR) is 95.4 cm³/mol. The molecule has 106 valence electrons. The van der Waals surface area contributed by atoms with Crippen LogP contribution in [-0.4, -0.2) is 5.71 Å². The molecular formula is C20H14BrN. The molecule has 0 radical (unpaired) electrons. The molecule has 1 aliphatic rings. The van der Waals surface area contributed by atoms with E-state index in [1.165, 1.54) is 27.8 Å². The molecule has 0 saturated carbocycles.